The molecule has 0 aromatic carbocycles. The van der Waals surface area contributed by atoms with Crippen molar-refractivity contribution in [3.05, 3.63) is 29.1 Å². The topological polar surface area (TPSA) is 70.5 Å². The van der Waals surface area contributed by atoms with Gasteiger partial charge < -0.3 is 10.0 Å². The number of hydrogen-bond acceptors (Lipinski definition) is 3. The number of nitrogens with zero attached hydrogens (tertiary/aromatic N) is 2. The van der Waals surface area contributed by atoms with Crippen molar-refractivity contribution < 1.29 is 27.9 Å². The van der Waals surface area contributed by atoms with Crippen LogP contribution >= 0.6 is 0 Å². The van der Waals surface area contributed by atoms with Crippen molar-refractivity contribution in [3.63, 3.8) is 0 Å². The van der Waals surface area contributed by atoms with Crippen LogP contribution in [0.1, 0.15) is 35.6 Å². The Kier molecular flexibility index (Phi) is 4.93. The number of amides is 1. The fourth-order valence-electron chi connectivity index (χ4n) is 1.73. The molecule has 0 aliphatic carbocycles. The Morgan fingerprint density at radius 3 is 2.29 bits per heavy atom. The third-order valence-electron chi connectivity index (χ3n) is 2.80. The van der Waals surface area contributed by atoms with E-state index in [2.05, 4.69) is 4.98 Å². The van der Waals surface area contributed by atoms with Crippen LogP contribution in [0.25, 0.3) is 0 Å². The van der Waals surface area contributed by atoms with Crippen LogP contribution in [0, 0.1) is 6.92 Å². The quantitative estimate of drug-likeness (QED) is 0.927. The lowest BCUT2D eigenvalue weighted by Crippen LogP contribution is -2.41. The molecule has 1 N–H and O–H groups in total. The van der Waals surface area contributed by atoms with Crippen LogP contribution < -0.4 is 0 Å². The zero-order valence-corrected chi connectivity index (χ0v) is 11.7. The number of rotatable bonds is 4. The van der Waals surface area contributed by atoms with Gasteiger partial charge in [-0.15, -0.1) is 0 Å². The van der Waals surface area contributed by atoms with Crippen LogP contribution in [-0.4, -0.2) is 39.5 Å². The largest absolute Gasteiger partial charge is 0.480 e. The number of carbonyl (C=O) groups is 2. The molecule has 0 bridgehead atoms. The molecule has 1 heterocycles. The summed E-state index contributed by atoms with van der Waals surface area (Å²) < 4.78 is 37.6. The van der Waals surface area contributed by atoms with E-state index in [0.29, 0.717) is 6.07 Å². The predicted molar refractivity (Wildman–Crippen MR) is 67.8 cm³/mol. The van der Waals surface area contributed by atoms with E-state index in [0.717, 1.165) is 11.0 Å². The van der Waals surface area contributed by atoms with Crippen LogP contribution in [-0.2, 0) is 11.0 Å². The Morgan fingerprint density at radius 1 is 1.33 bits per heavy atom. The van der Waals surface area contributed by atoms with Gasteiger partial charge in [0, 0.05) is 6.04 Å². The molecule has 0 radical (unpaired) electrons. The van der Waals surface area contributed by atoms with Crippen molar-refractivity contribution in [2.45, 2.75) is 33.0 Å². The van der Waals surface area contributed by atoms with Crippen molar-refractivity contribution in [1.29, 1.82) is 0 Å². The Balaban J connectivity index is 3.14. The van der Waals surface area contributed by atoms with Crippen molar-refractivity contribution in [3.8, 4) is 0 Å². The van der Waals surface area contributed by atoms with Crippen LogP contribution in [0.15, 0.2) is 12.1 Å². The molecule has 1 amide bonds. The Bertz CT molecular complexity index is 556. The zero-order chi connectivity index (χ0) is 16.4. The molecular formula is C13H15F3N2O3. The van der Waals surface area contributed by atoms with Gasteiger partial charge in [0.15, 0.2) is 0 Å². The first-order valence-electron chi connectivity index (χ1n) is 6.11. The highest BCUT2D eigenvalue weighted by molar-refractivity contribution is 5.96. The summed E-state index contributed by atoms with van der Waals surface area (Å²) in [6.07, 6.45) is -4.59. The summed E-state index contributed by atoms with van der Waals surface area (Å²) in [7, 11) is 0. The van der Waals surface area contributed by atoms with Gasteiger partial charge in [0.1, 0.15) is 12.2 Å². The molecular weight excluding hydrogens is 289 g/mol. The predicted octanol–water partition coefficient (Wildman–Crippen LogP) is 2.34. The number of aryl methyl sites for hydroxylation is 1. The van der Waals surface area contributed by atoms with E-state index < -0.39 is 36.3 Å². The van der Waals surface area contributed by atoms with Crippen molar-refractivity contribution in [2.24, 2.45) is 0 Å². The van der Waals surface area contributed by atoms with Crippen LogP contribution in [0.3, 0.4) is 0 Å². The lowest BCUT2D eigenvalue weighted by molar-refractivity contribution is -0.141. The minimum Gasteiger partial charge on any atom is -0.480 e. The average Bonchev–Trinajstić information content (AvgIpc) is 2.33. The van der Waals surface area contributed by atoms with Crippen molar-refractivity contribution in [2.75, 3.05) is 6.54 Å². The van der Waals surface area contributed by atoms with E-state index in [1.54, 1.807) is 13.8 Å². The molecule has 0 aliphatic rings. The standard InChI is InChI=1S/C13H15F3N2O3/c1-7(2)18(6-11(19)20)12(21)9-4-5-10(13(14,15)16)17-8(9)3/h4-5,7H,6H2,1-3H3,(H,19,20). The number of halogens is 3. The Morgan fingerprint density at radius 2 is 1.90 bits per heavy atom. The smallest absolute Gasteiger partial charge is 0.433 e. The van der Waals surface area contributed by atoms with E-state index in [1.807, 2.05) is 0 Å². The molecule has 0 spiro atoms. The summed E-state index contributed by atoms with van der Waals surface area (Å²) in [6.45, 7) is 3.99. The third-order valence-corrected chi connectivity index (χ3v) is 2.80. The number of carbonyl (C=O) groups excluding carboxylic acids is 1. The first-order chi connectivity index (χ1) is 9.54. The van der Waals surface area contributed by atoms with Crippen LogP contribution in [0.5, 0.6) is 0 Å². The highest BCUT2D eigenvalue weighted by Gasteiger charge is 2.33. The first-order valence-corrected chi connectivity index (χ1v) is 6.11. The molecule has 1 rings (SSSR count). The number of aromatic nitrogens is 1. The minimum atomic E-state index is -4.59. The number of carboxylic acid groups (broad SMARTS) is 1. The second kappa shape index (κ2) is 6.11. The summed E-state index contributed by atoms with van der Waals surface area (Å²) in [4.78, 5) is 27.4. The van der Waals surface area contributed by atoms with Gasteiger partial charge in [-0.05, 0) is 32.9 Å². The fourth-order valence-corrected chi connectivity index (χ4v) is 1.73. The normalized spacial score (nSPS) is 11.6. The fraction of sp³-hybridized carbons (Fsp3) is 0.462. The molecule has 0 fully saturated rings. The van der Waals surface area contributed by atoms with E-state index in [9.17, 15) is 22.8 Å². The molecule has 8 heteroatoms. The third kappa shape index (κ3) is 4.17. The van der Waals surface area contributed by atoms with E-state index in [1.165, 1.54) is 6.92 Å². The van der Waals surface area contributed by atoms with Gasteiger partial charge in [0.05, 0.1) is 11.3 Å². The number of pyridine rings is 1. The molecule has 0 atom stereocenters. The summed E-state index contributed by atoms with van der Waals surface area (Å²) in [5, 5.41) is 8.79. The molecule has 0 saturated heterocycles. The van der Waals surface area contributed by atoms with Gasteiger partial charge in [0.2, 0.25) is 0 Å². The van der Waals surface area contributed by atoms with Gasteiger partial charge in [-0.25, -0.2) is 4.98 Å². The highest BCUT2D eigenvalue weighted by Crippen LogP contribution is 2.28. The lowest BCUT2D eigenvalue weighted by Gasteiger charge is -2.25. The lowest BCUT2D eigenvalue weighted by atomic mass is 10.1. The summed E-state index contributed by atoms with van der Waals surface area (Å²) >= 11 is 0. The second-order valence-corrected chi connectivity index (χ2v) is 4.75. The molecule has 116 valence electrons. The second-order valence-electron chi connectivity index (χ2n) is 4.75. The van der Waals surface area contributed by atoms with Gasteiger partial charge in [-0.3, -0.25) is 9.59 Å². The molecule has 0 saturated carbocycles. The van der Waals surface area contributed by atoms with Crippen LogP contribution in [0.4, 0.5) is 13.2 Å². The Labute approximate surface area is 119 Å². The van der Waals surface area contributed by atoms with Crippen LogP contribution in [0.2, 0.25) is 0 Å². The Hall–Kier alpha value is -2.12. The summed E-state index contributed by atoms with van der Waals surface area (Å²) in [6, 6.07) is 1.32. The summed E-state index contributed by atoms with van der Waals surface area (Å²) in [5.74, 6) is -1.86. The average molecular weight is 304 g/mol. The number of carboxylic acids is 1. The minimum absolute atomic E-state index is 0.0436. The highest BCUT2D eigenvalue weighted by atomic mass is 19.4. The van der Waals surface area contributed by atoms with Gasteiger partial charge >= 0.3 is 12.1 Å². The SMILES string of the molecule is Cc1nc(C(F)(F)F)ccc1C(=O)N(CC(=O)O)C(C)C. The van der Waals surface area contributed by atoms with E-state index in [-0.39, 0.29) is 11.3 Å². The zero-order valence-electron chi connectivity index (χ0n) is 11.7. The molecule has 0 unspecified atom stereocenters. The van der Waals surface area contributed by atoms with Gasteiger partial charge in [-0.1, -0.05) is 0 Å². The number of aliphatic carboxylic acids is 1. The molecule has 0 aliphatic heterocycles. The first kappa shape index (κ1) is 16.9. The molecule has 5 nitrogen and oxygen atoms in total. The number of hydrogen-bond donors (Lipinski definition) is 1. The monoisotopic (exact) mass is 304 g/mol. The van der Waals surface area contributed by atoms with Gasteiger partial charge in [0.25, 0.3) is 5.91 Å². The van der Waals surface area contributed by atoms with Gasteiger partial charge in [-0.2, -0.15) is 13.2 Å². The summed E-state index contributed by atoms with van der Waals surface area (Å²) in [5.41, 5.74) is -1.23. The maximum atomic E-state index is 12.5. The molecule has 1 aromatic rings. The van der Waals surface area contributed by atoms with Crippen molar-refractivity contribution in [1.82, 2.24) is 9.88 Å². The molecule has 21 heavy (non-hydrogen) atoms. The number of alkyl halides is 3. The van der Waals surface area contributed by atoms with E-state index >= 15 is 0 Å². The van der Waals surface area contributed by atoms with E-state index in [4.69, 9.17) is 5.11 Å². The maximum Gasteiger partial charge on any atom is 0.433 e. The molecule has 1 aromatic heterocycles. The van der Waals surface area contributed by atoms with Crippen molar-refractivity contribution >= 4 is 11.9 Å². The maximum absolute atomic E-state index is 12.5.